The van der Waals surface area contributed by atoms with Gasteiger partial charge in [-0.25, -0.2) is 4.98 Å². The van der Waals surface area contributed by atoms with Crippen LogP contribution in [0.15, 0.2) is 23.6 Å². The molecule has 5 heteroatoms. The zero-order chi connectivity index (χ0) is 15.4. The van der Waals surface area contributed by atoms with Gasteiger partial charge in [0.25, 0.3) is 0 Å². The highest BCUT2D eigenvalue weighted by molar-refractivity contribution is 7.09. The van der Waals surface area contributed by atoms with Gasteiger partial charge in [0, 0.05) is 11.3 Å². The number of methoxy groups -OCH3 is 1. The number of ether oxygens (including phenoxy) is 2. The first-order chi connectivity index (χ1) is 10.0. The van der Waals surface area contributed by atoms with Crippen molar-refractivity contribution in [3.8, 4) is 11.5 Å². The van der Waals surface area contributed by atoms with Gasteiger partial charge in [0.15, 0.2) is 11.5 Å². The molecule has 1 N–H and O–H groups in total. The molecular formula is C16H21NO3S. The van der Waals surface area contributed by atoms with E-state index in [1.807, 2.05) is 17.5 Å². The number of rotatable bonds is 6. The summed E-state index contributed by atoms with van der Waals surface area (Å²) >= 11 is 1.65. The molecule has 0 bridgehead atoms. The van der Waals surface area contributed by atoms with Gasteiger partial charge in [-0.2, -0.15) is 0 Å². The van der Waals surface area contributed by atoms with E-state index >= 15 is 0 Å². The molecule has 0 spiro atoms. The molecule has 1 heterocycles. The van der Waals surface area contributed by atoms with Crippen molar-refractivity contribution in [3.63, 3.8) is 0 Å². The van der Waals surface area contributed by atoms with E-state index in [9.17, 15) is 5.11 Å². The van der Waals surface area contributed by atoms with Crippen molar-refractivity contribution in [2.45, 2.75) is 39.4 Å². The number of benzene rings is 1. The lowest BCUT2D eigenvalue weighted by Gasteiger charge is -2.12. The number of aromatic nitrogens is 1. The average Bonchev–Trinajstić information content (AvgIpc) is 2.93. The maximum atomic E-state index is 9.59. The van der Waals surface area contributed by atoms with E-state index in [1.165, 1.54) is 0 Å². The summed E-state index contributed by atoms with van der Waals surface area (Å²) in [6.45, 7) is 6.38. The molecule has 1 atom stereocenters. The van der Waals surface area contributed by atoms with Gasteiger partial charge in [-0.3, -0.25) is 0 Å². The van der Waals surface area contributed by atoms with Crippen LogP contribution in [0, 0.1) is 0 Å². The van der Waals surface area contributed by atoms with Crippen LogP contribution in [0.1, 0.15) is 49.1 Å². The Kier molecular flexibility index (Phi) is 5.20. The summed E-state index contributed by atoms with van der Waals surface area (Å²) in [6, 6.07) is 5.44. The number of thiazole rings is 1. The lowest BCUT2D eigenvalue weighted by molar-refractivity contribution is 0.198. The summed E-state index contributed by atoms with van der Waals surface area (Å²) in [5.74, 6) is 1.71. The van der Waals surface area contributed by atoms with Crippen molar-refractivity contribution >= 4 is 11.3 Å². The second-order valence-electron chi connectivity index (χ2n) is 5.21. The van der Waals surface area contributed by atoms with Crippen molar-refractivity contribution < 1.29 is 14.6 Å². The molecule has 2 aromatic rings. The van der Waals surface area contributed by atoms with E-state index in [4.69, 9.17) is 9.47 Å². The highest BCUT2D eigenvalue weighted by atomic mass is 32.1. The van der Waals surface area contributed by atoms with Gasteiger partial charge >= 0.3 is 0 Å². The Morgan fingerprint density at radius 2 is 2.00 bits per heavy atom. The summed E-state index contributed by atoms with van der Waals surface area (Å²) < 4.78 is 11.1. The van der Waals surface area contributed by atoms with Gasteiger partial charge < -0.3 is 14.6 Å². The Labute approximate surface area is 129 Å². The van der Waals surface area contributed by atoms with Crippen molar-refractivity contribution in [2.75, 3.05) is 7.11 Å². The van der Waals surface area contributed by atoms with Crippen LogP contribution in [-0.2, 0) is 6.61 Å². The number of aliphatic hydroxyl groups is 1. The summed E-state index contributed by atoms with van der Waals surface area (Å²) in [5.41, 5.74) is 1.72. The number of hydrogen-bond acceptors (Lipinski definition) is 5. The predicted molar refractivity (Wildman–Crippen MR) is 84.2 cm³/mol. The van der Waals surface area contributed by atoms with Gasteiger partial charge in [0.2, 0.25) is 0 Å². The average molecular weight is 307 g/mol. The van der Waals surface area contributed by atoms with Crippen LogP contribution in [0.3, 0.4) is 0 Å². The van der Waals surface area contributed by atoms with E-state index in [2.05, 4.69) is 18.8 Å². The molecule has 0 aliphatic rings. The Morgan fingerprint density at radius 1 is 1.24 bits per heavy atom. The van der Waals surface area contributed by atoms with E-state index in [-0.39, 0.29) is 0 Å². The highest BCUT2D eigenvalue weighted by Gasteiger charge is 2.10. The fourth-order valence-corrected chi connectivity index (χ4v) is 2.69. The smallest absolute Gasteiger partial charge is 0.161 e. The molecular weight excluding hydrogens is 286 g/mol. The fraction of sp³-hybridized carbons (Fsp3) is 0.438. The fourth-order valence-electron chi connectivity index (χ4n) is 1.87. The lowest BCUT2D eigenvalue weighted by atomic mass is 10.1. The van der Waals surface area contributed by atoms with Gasteiger partial charge in [-0.15, -0.1) is 11.3 Å². The molecule has 4 nitrogen and oxygen atoms in total. The summed E-state index contributed by atoms with van der Waals surface area (Å²) in [7, 11) is 1.59. The SMILES string of the molecule is COc1cc([C@H](C)O)ccc1OCc1csc(C(C)C)n1. The van der Waals surface area contributed by atoms with E-state index in [1.54, 1.807) is 31.4 Å². The predicted octanol–water partition coefficient (Wildman–Crippen LogP) is 3.91. The Hall–Kier alpha value is -1.59. The van der Waals surface area contributed by atoms with Crippen molar-refractivity contribution in [2.24, 2.45) is 0 Å². The van der Waals surface area contributed by atoms with Gasteiger partial charge in [0.1, 0.15) is 6.61 Å². The quantitative estimate of drug-likeness (QED) is 0.879. The third-order valence-corrected chi connectivity index (χ3v) is 4.30. The summed E-state index contributed by atoms with van der Waals surface area (Å²) in [6.07, 6.45) is -0.528. The third-order valence-electron chi connectivity index (χ3n) is 3.11. The Morgan fingerprint density at radius 3 is 2.57 bits per heavy atom. The topological polar surface area (TPSA) is 51.6 Å². The Balaban J connectivity index is 2.08. The standard InChI is InChI=1S/C16H21NO3S/c1-10(2)16-17-13(9-21-16)8-20-14-6-5-12(11(3)18)7-15(14)19-4/h5-7,9-11,18H,8H2,1-4H3/t11-/m0/s1. The lowest BCUT2D eigenvalue weighted by Crippen LogP contribution is -2.00. The number of hydrogen-bond donors (Lipinski definition) is 1. The maximum absolute atomic E-state index is 9.59. The van der Waals surface area contributed by atoms with Crippen LogP contribution in [0.5, 0.6) is 11.5 Å². The minimum Gasteiger partial charge on any atom is -0.493 e. The number of aliphatic hydroxyl groups excluding tert-OH is 1. The normalized spacial score (nSPS) is 12.5. The molecule has 0 saturated heterocycles. The molecule has 21 heavy (non-hydrogen) atoms. The second kappa shape index (κ2) is 6.91. The highest BCUT2D eigenvalue weighted by Crippen LogP contribution is 2.31. The minimum absolute atomic E-state index is 0.410. The summed E-state index contributed by atoms with van der Waals surface area (Å²) in [4.78, 5) is 4.54. The third kappa shape index (κ3) is 3.95. The van der Waals surface area contributed by atoms with Crippen LogP contribution in [0.4, 0.5) is 0 Å². The molecule has 1 aromatic carbocycles. The van der Waals surface area contributed by atoms with Crippen molar-refractivity contribution in [1.82, 2.24) is 4.98 Å². The zero-order valence-corrected chi connectivity index (χ0v) is 13.6. The molecule has 0 unspecified atom stereocenters. The maximum Gasteiger partial charge on any atom is 0.161 e. The summed E-state index contributed by atoms with van der Waals surface area (Å²) in [5, 5.41) is 12.7. The van der Waals surface area contributed by atoms with Gasteiger partial charge in [-0.1, -0.05) is 19.9 Å². The van der Waals surface area contributed by atoms with Crippen LogP contribution in [0.25, 0.3) is 0 Å². The van der Waals surface area contributed by atoms with Crippen LogP contribution >= 0.6 is 11.3 Å². The van der Waals surface area contributed by atoms with Crippen LogP contribution < -0.4 is 9.47 Å². The van der Waals surface area contributed by atoms with Gasteiger partial charge in [-0.05, 0) is 24.6 Å². The minimum atomic E-state index is -0.528. The monoisotopic (exact) mass is 307 g/mol. The van der Waals surface area contributed by atoms with Crippen LogP contribution in [-0.4, -0.2) is 17.2 Å². The van der Waals surface area contributed by atoms with Crippen molar-refractivity contribution in [1.29, 1.82) is 0 Å². The van der Waals surface area contributed by atoms with E-state index in [0.717, 1.165) is 16.3 Å². The van der Waals surface area contributed by atoms with Gasteiger partial charge in [0.05, 0.1) is 23.9 Å². The van der Waals surface area contributed by atoms with E-state index in [0.29, 0.717) is 24.0 Å². The second-order valence-corrected chi connectivity index (χ2v) is 6.10. The van der Waals surface area contributed by atoms with E-state index < -0.39 is 6.10 Å². The van der Waals surface area contributed by atoms with Crippen molar-refractivity contribution in [3.05, 3.63) is 39.8 Å². The Bertz CT molecular complexity index is 593. The molecule has 0 amide bonds. The molecule has 0 radical (unpaired) electrons. The zero-order valence-electron chi connectivity index (χ0n) is 12.8. The molecule has 0 aliphatic carbocycles. The largest absolute Gasteiger partial charge is 0.493 e. The molecule has 114 valence electrons. The molecule has 0 fully saturated rings. The molecule has 1 aromatic heterocycles. The molecule has 0 saturated carbocycles. The molecule has 0 aliphatic heterocycles. The van der Waals surface area contributed by atoms with Crippen LogP contribution in [0.2, 0.25) is 0 Å². The number of nitrogens with zero attached hydrogens (tertiary/aromatic N) is 1. The first kappa shape index (κ1) is 15.8. The first-order valence-corrected chi connectivity index (χ1v) is 7.82. The molecule has 2 rings (SSSR count). The first-order valence-electron chi connectivity index (χ1n) is 6.94.